The number of carboxylic acids is 1. The van der Waals surface area contributed by atoms with Gasteiger partial charge in [-0.15, -0.1) is 0 Å². The van der Waals surface area contributed by atoms with Gasteiger partial charge in [0.25, 0.3) is 0 Å². The zero-order valence-electron chi connectivity index (χ0n) is 15.0. The molecule has 0 saturated heterocycles. The van der Waals surface area contributed by atoms with E-state index in [4.69, 9.17) is 23.2 Å². The first-order chi connectivity index (χ1) is 12.7. The molecule has 0 atom stereocenters. The number of methoxy groups -OCH3 is 1. The number of carboxylic acid groups (broad SMARTS) is 1. The summed E-state index contributed by atoms with van der Waals surface area (Å²) >= 11 is 11.1. The Balaban J connectivity index is 0.000000504. The average Bonchev–Trinajstić information content (AvgIpc) is 2.65. The first-order valence-electron chi connectivity index (χ1n) is 7.29. The molecule has 2 aromatic rings. The van der Waals surface area contributed by atoms with Crippen LogP contribution in [0, 0.1) is 0 Å². The molecule has 142 valence electrons. The molecule has 11 heteroatoms. The molecule has 8 nitrogen and oxygen atoms in total. The molecular weight excluding hydrogens is 406 g/mol. The molecule has 28 heavy (non-hydrogen) atoms. The van der Waals surface area contributed by atoms with Crippen molar-refractivity contribution in [1.82, 2.24) is 9.97 Å². The average molecular weight is 419 g/mol. The monoisotopic (exact) mass is 418 g/mol. The minimum Gasteiger partial charge on any atom is -0.542 e. The first-order valence-corrected chi connectivity index (χ1v) is 8.04. The fourth-order valence-corrected chi connectivity index (χ4v) is 1.83. The topological polar surface area (TPSA) is 126 Å². The van der Waals surface area contributed by atoms with E-state index in [9.17, 15) is 24.3 Å². The number of rotatable bonds is 6. The van der Waals surface area contributed by atoms with Crippen molar-refractivity contribution >= 4 is 46.7 Å². The molecule has 0 amide bonds. The maximum Gasteiger partial charge on any atom is 1.00 e. The summed E-state index contributed by atoms with van der Waals surface area (Å²) in [7, 11) is 1.16. The number of halogens is 2. The molecule has 2 rings (SSSR count). The SMILES string of the molecule is COC(=O)C(=O)Cc1ccc(Cl)cn1.O=C([O-])C(=O)Cc1ccc(Cl)cn1.[Li+]. The van der Waals surface area contributed by atoms with E-state index in [2.05, 4.69) is 14.7 Å². The molecular formula is C17H13Cl2LiN2O6. The van der Waals surface area contributed by atoms with Crippen LogP contribution in [-0.4, -0.2) is 40.6 Å². The molecule has 2 aromatic heterocycles. The Bertz CT molecular complexity index is 829. The van der Waals surface area contributed by atoms with Gasteiger partial charge in [-0.25, -0.2) is 4.79 Å². The van der Waals surface area contributed by atoms with E-state index in [1.807, 2.05) is 0 Å². The van der Waals surface area contributed by atoms with Crippen LogP contribution in [-0.2, 0) is 36.8 Å². The summed E-state index contributed by atoms with van der Waals surface area (Å²) in [6, 6.07) is 6.22. The molecule has 0 saturated carbocycles. The number of aliphatic carboxylic acids is 1. The van der Waals surface area contributed by atoms with E-state index in [0.717, 1.165) is 7.11 Å². The molecule has 0 unspecified atom stereocenters. The van der Waals surface area contributed by atoms with Gasteiger partial charge in [0, 0.05) is 23.8 Å². The Labute approximate surface area is 182 Å². The number of carbonyl (C=O) groups excluding carboxylic acids is 4. The van der Waals surface area contributed by atoms with E-state index < -0.39 is 23.5 Å². The van der Waals surface area contributed by atoms with Crippen molar-refractivity contribution in [2.24, 2.45) is 0 Å². The number of aromatic nitrogens is 2. The third-order valence-corrected chi connectivity index (χ3v) is 3.35. The Hall–Kier alpha value is -2.24. The van der Waals surface area contributed by atoms with Crippen LogP contribution in [0.2, 0.25) is 10.0 Å². The van der Waals surface area contributed by atoms with Crippen molar-refractivity contribution in [3.8, 4) is 0 Å². The van der Waals surface area contributed by atoms with Crippen LogP contribution < -0.4 is 24.0 Å². The molecule has 0 N–H and O–H groups in total. The molecule has 0 bridgehead atoms. The fraction of sp³-hybridized carbons (Fsp3) is 0.176. The van der Waals surface area contributed by atoms with Crippen LogP contribution in [0.25, 0.3) is 0 Å². The molecule has 2 heterocycles. The van der Waals surface area contributed by atoms with Gasteiger partial charge in [0.2, 0.25) is 5.78 Å². The van der Waals surface area contributed by atoms with Crippen LogP contribution in [0.15, 0.2) is 36.7 Å². The van der Waals surface area contributed by atoms with Gasteiger partial charge in [-0.05, 0) is 24.3 Å². The number of ether oxygens (including phenoxy) is 1. The Morgan fingerprint density at radius 3 is 1.64 bits per heavy atom. The molecule has 0 aliphatic rings. The third-order valence-electron chi connectivity index (χ3n) is 2.90. The first kappa shape index (κ1) is 25.8. The summed E-state index contributed by atoms with van der Waals surface area (Å²) in [6.45, 7) is 0. The minimum atomic E-state index is -1.70. The molecule has 0 spiro atoms. The zero-order chi connectivity index (χ0) is 20.4. The minimum absolute atomic E-state index is 0. The van der Waals surface area contributed by atoms with Gasteiger partial charge in [0.1, 0.15) is 5.97 Å². The van der Waals surface area contributed by atoms with Crippen LogP contribution in [0.3, 0.4) is 0 Å². The summed E-state index contributed by atoms with van der Waals surface area (Å²) < 4.78 is 4.27. The number of pyridine rings is 2. The second-order valence-electron chi connectivity index (χ2n) is 4.91. The van der Waals surface area contributed by atoms with Gasteiger partial charge in [0.05, 0.1) is 30.0 Å². The van der Waals surface area contributed by atoms with E-state index in [1.54, 1.807) is 12.1 Å². The van der Waals surface area contributed by atoms with Crippen LogP contribution in [0.4, 0.5) is 0 Å². The number of nitrogens with zero attached hydrogens (tertiary/aromatic N) is 2. The predicted octanol–water partition coefficient (Wildman–Crippen LogP) is -2.38. The number of esters is 1. The van der Waals surface area contributed by atoms with Gasteiger partial charge in [-0.3, -0.25) is 19.6 Å². The van der Waals surface area contributed by atoms with Gasteiger partial charge >= 0.3 is 24.8 Å². The zero-order valence-corrected chi connectivity index (χ0v) is 16.5. The van der Waals surface area contributed by atoms with Crippen molar-refractivity contribution in [2.75, 3.05) is 7.11 Å². The predicted molar refractivity (Wildman–Crippen MR) is 92.9 cm³/mol. The Kier molecular flexibility index (Phi) is 12.0. The Morgan fingerprint density at radius 2 is 1.32 bits per heavy atom. The van der Waals surface area contributed by atoms with Gasteiger partial charge in [-0.2, -0.15) is 0 Å². The summed E-state index contributed by atoms with van der Waals surface area (Å²) in [5.74, 6) is -4.17. The van der Waals surface area contributed by atoms with E-state index in [-0.39, 0.29) is 31.7 Å². The second-order valence-corrected chi connectivity index (χ2v) is 5.79. The number of ketones is 2. The van der Waals surface area contributed by atoms with Crippen LogP contribution >= 0.6 is 23.2 Å². The third kappa shape index (κ3) is 9.62. The maximum absolute atomic E-state index is 11.1. The molecule has 0 aromatic carbocycles. The van der Waals surface area contributed by atoms with Crippen LogP contribution in [0.5, 0.6) is 0 Å². The maximum atomic E-state index is 11.1. The summed E-state index contributed by atoms with van der Waals surface area (Å²) in [5.41, 5.74) is 0.850. The summed E-state index contributed by atoms with van der Waals surface area (Å²) in [5, 5.41) is 11.0. The van der Waals surface area contributed by atoms with E-state index in [1.165, 1.54) is 24.5 Å². The number of Topliss-reactive ketones (excluding diaryl/α,β-unsaturated/α-hetero) is 2. The van der Waals surface area contributed by atoms with Crippen molar-refractivity contribution in [1.29, 1.82) is 0 Å². The van der Waals surface area contributed by atoms with Crippen LogP contribution in [0.1, 0.15) is 11.4 Å². The number of carbonyl (C=O) groups is 4. The second kappa shape index (κ2) is 13.0. The smallest absolute Gasteiger partial charge is 0.542 e. The van der Waals surface area contributed by atoms with Gasteiger partial charge in [0.15, 0.2) is 5.78 Å². The molecule has 0 aliphatic heterocycles. The number of hydrogen-bond donors (Lipinski definition) is 0. The largest absolute Gasteiger partial charge is 1.00 e. The standard InChI is InChI=1S/C9H8ClNO3.C8H6ClNO3.Li/c1-14-9(13)8(12)4-7-3-2-6(10)5-11-7;9-5-1-2-6(10-4-5)3-7(11)8(12)13;/h2-3,5H,4H2,1H3;1-2,4H,3H2,(H,12,13);/q;;+1/p-1. The number of hydrogen-bond acceptors (Lipinski definition) is 8. The Morgan fingerprint density at radius 1 is 0.893 bits per heavy atom. The summed E-state index contributed by atoms with van der Waals surface area (Å²) in [6.07, 6.45) is 2.43. The molecule has 0 aliphatic carbocycles. The van der Waals surface area contributed by atoms with E-state index in [0.29, 0.717) is 21.4 Å². The quantitative estimate of drug-likeness (QED) is 0.289. The van der Waals surface area contributed by atoms with Crippen molar-refractivity contribution < 1.29 is 47.9 Å². The van der Waals surface area contributed by atoms with E-state index >= 15 is 0 Å². The van der Waals surface area contributed by atoms with Crippen molar-refractivity contribution in [3.63, 3.8) is 0 Å². The van der Waals surface area contributed by atoms with Gasteiger partial charge in [-0.1, -0.05) is 23.2 Å². The molecule has 0 radical (unpaired) electrons. The van der Waals surface area contributed by atoms with Gasteiger partial charge < -0.3 is 14.6 Å². The normalized spacial score (nSPS) is 9.25. The summed E-state index contributed by atoms with van der Waals surface area (Å²) in [4.78, 5) is 50.2. The molecule has 0 fully saturated rings. The van der Waals surface area contributed by atoms with Crippen molar-refractivity contribution in [3.05, 3.63) is 58.1 Å². The fourth-order valence-electron chi connectivity index (χ4n) is 1.61. The van der Waals surface area contributed by atoms with Crippen molar-refractivity contribution in [2.45, 2.75) is 12.8 Å².